The fourth-order valence-electron chi connectivity index (χ4n) is 2.30. The first-order chi connectivity index (χ1) is 10.2. The highest BCUT2D eigenvalue weighted by Gasteiger charge is 2.21. The van der Waals surface area contributed by atoms with Gasteiger partial charge in [0.2, 0.25) is 0 Å². The van der Waals surface area contributed by atoms with Gasteiger partial charge in [-0.25, -0.2) is 4.79 Å². The van der Waals surface area contributed by atoms with Gasteiger partial charge in [0, 0.05) is 17.2 Å². The Morgan fingerprint density at radius 1 is 1.41 bits per heavy atom. The van der Waals surface area contributed by atoms with Crippen LogP contribution in [0.1, 0.15) is 61.0 Å². The third-order valence-corrected chi connectivity index (χ3v) is 4.47. The predicted octanol–water partition coefficient (Wildman–Crippen LogP) is 4.22. The molecule has 1 aliphatic rings. The molecule has 4 nitrogen and oxygen atoms in total. The molecule has 1 aliphatic carbocycles. The zero-order valence-corrected chi connectivity index (χ0v) is 14.1. The van der Waals surface area contributed by atoms with E-state index in [0.29, 0.717) is 10.6 Å². The minimum absolute atomic E-state index is 0.106. The van der Waals surface area contributed by atoms with Crippen LogP contribution in [0.2, 0.25) is 0 Å². The average Bonchev–Trinajstić information content (AvgIpc) is 2.82. The van der Waals surface area contributed by atoms with E-state index in [2.05, 4.69) is 17.2 Å². The molecule has 1 saturated carbocycles. The molecular formula is C17H22N2O2S. The van der Waals surface area contributed by atoms with Crippen LogP contribution in [-0.4, -0.2) is 22.8 Å². The molecule has 3 N–H and O–H groups in total. The van der Waals surface area contributed by atoms with Gasteiger partial charge in [0.05, 0.1) is 10.6 Å². The molecule has 1 heterocycles. The van der Waals surface area contributed by atoms with E-state index < -0.39 is 5.97 Å². The van der Waals surface area contributed by atoms with Crippen LogP contribution in [0.4, 0.5) is 5.69 Å². The summed E-state index contributed by atoms with van der Waals surface area (Å²) in [6.45, 7) is 6.09. The highest BCUT2D eigenvalue weighted by atomic mass is 32.1. The van der Waals surface area contributed by atoms with Crippen molar-refractivity contribution in [1.82, 2.24) is 0 Å². The van der Waals surface area contributed by atoms with E-state index in [1.807, 2.05) is 26.8 Å². The van der Waals surface area contributed by atoms with E-state index in [1.165, 1.54) is 11.3 Å². The summed E-state index contributed by atoms with van der Waals surface area (Å²) in [6.07, 6.45) is 3.36. The smallest absolute Gasteiger partial charge is 0.348 e. The van der Waals surface area contributed by atoms with E-state index in [-0.39, 0.29) is 11.5 Å². The van der Waals surface area contributed by atoms with Crippen molar-refractivity contribution < 1.29 is 9.90 Å². The van der Waals surface area contributed by atoms with Gasteiger partial charge in [-0.1, -0.05) is 11.8 Å². The molecule has 0 radical (unpaired) electrons. The van der Waals surface area contributed by atoms with E-state index in [0.717, 1.165) is 36.3 Å². The van der Waals surface area contributed by atoms with E-state index >= 15 is 0 Å². The lowest BCUT2D eigenvalue weighted by Gasteiger charge is -2.24. The lowest BCUT2D eigenvalue weighted by atomic mass is 9.93. The summed E-state index contributed by atoms with van der Waals surface area (Å²) < 4.78 is 0. The summed E-state index contributed by atoms with van der Waals surface area (Å²) in [5.41, 5.74) is 1.35. The second kappa shape index (κ2) is 6.53. The molecule has 22 heavy (non-hydrogen) atoms. The molecule has 0 saturated heterocycles. The maximum Gasteiger partial charge on any atom is 0.348 e. The monoisotopic (exact) mass is 318 g/mol. The summed E-state index contributed by atoms with van der Waals surface area (Å²) in [5, 5.41) is 20.3. The zero-order valence-electron chi connectivity index (χ0n) is 13.2. The van der Waals surface area contributed by atoms with Crippen LogP contribution < -0.4 is 5.32 Å². The van der Waals surface area contributed by atoms with Crippen molar-refractivity contribution in [3.63, 3.8) is 0 Å². The van der Waals surface area contributed by atoms with Crippen molar-refractivity contribution in [1.29, 1.82) is 5.41 Å². The second-order valence-corrected chi connectivity index (χ2v) is 7.73. The van der Waals surface area contributed by atoms with Crippen LogP contribution in [-0.2, 0) is 0 Å². The third-order valence-electron chi connectivity index (χ3n) is 3.44. The molecule has 0 aliphatic heterocycles. The topological polar surface area (TPSA) is 73.2 Å². The number of carboxylic acids is 1. The minimum Gasteiger partial charge on any atom is -0.477 e. The van der Waals surface area contributed by atoms with Crippen LogP contribution in [0.25, 0.3) is 0 Å². The van der Waals surface area contributed by atoms with Crippen molar-refractivity contribution in [2.24, 2.45) is 5.41 Å². The maximum absolute atomic E-state index is 11.4. The fourth-order valence-corrected chi connectivity index (χ4v) is 3.11. The Labute approximate surface area is 135 Å². The van der Waals surface area contributed by atoms with Crippen molar-refractivity contribution in [3.8, 4) is 11.8 Å². The van der Waals surface area contributed by atoms with E-state index in [4.69, 9.17) is 5.41 Å². The molecule has 0 bridgehead atoms. The minimum atomic E-state index is -0.917. The molecule has 0 unspecified atom stereocenters. The normalized spacial score (nSPS) is 18.5. The first-order valence-corrected chi connectivity index (χ1v) is 8.29. The predicted molar refractivity (Wildman–Crippen MR) is 91.2 cm³/mol. The molecular weight excluding hydrogens is 296 g/mol. The third kappa shape index (κ3) is 4.60. The number of carboxylic acid groups (broad SMARTS) is 1. The lowest BCUT2D eigenvalue weighted by molar-refractivity contribution is 0.0703. The number of carbonyl (C=O) groups is 1. The number of hydrogen-bond donors (Lipinski definition) is 3. The molecule has 1 fully saturated rings. The van der Waals surface area contributed by atoms with Gasteiger partial charge in [-0.05, 0) is 52.5 Å². The Bertz CT molecular complexity index is 634. The van der Waals surface area contributed by atoms with Gasteiger partial charge in [-0.15, -0.1) is 11.3 Å². The van der Waals surface area contributed by atoms with Crippen LogP contribution in [0.15, 0.2) is 6.07 Å². The lowest BCUT2D eigenvalue weighted by Crippen LogP contribution is -2.26. The van der Waals surface area contributed by atoms with Gasteiger partial charge in [0.25, 0.3) is 0 Å². The quantitative estimate of drug-likeness (QED) is 0.731. The van der Waals surface area contributed by atoms with E-state index in [1.54, 1.807) is 0 Å². The van der Waals surface area contributed by atoms with Gasteiger partial charge in [0.15, 0.2) is 0 Å². The van der Waals surface area contributed by atoms with Crippen molar-refractivity contribution in [2.75, 3.05) is 5.32 Å². The fraction of sp³-hybridized carbons (Fsp3) is 0.529. The van der Waals surface area contributed by atoms with Crippen LogP contribution >= 0.6 is 11.3 Å². The van der Waals surface area contributed by atoms with Crippen LogP contribution in [0, 0.1) is 22.7 Å². The molecule has 2 rings (SSSR count). The number of nitrogens with one attached hydrogen (secondary N) is 2. The maximum atomic E-state index is 11.4. The van der Waals surface area contributed by atoms with Gasteiger partial charge in [-0.3, -0.25) is 0 Å². The number of anilines is 1. The summed E-state index contributed by atoms with van der Waals surface area (Å²) in [4.78, 5) is 12.5. The standard InChI is InChI=1S/C17H22N2O2S/c1-17(2,3)9-8-13-10-14(15(22-13)16(20)21)19-12-6-4-11(18)5-7-12/h10,12,18-19H,4-7H2,1-3H3,(H,20,21). The Morgan fingerprint density at radius 3 is 2.59 bits per heavy atom. The van der Waals surface area contributed by atoms with Crippen LogP contribution in [0.3, 0.4) is 0 Å². The van der Waals surface area contributed by atoms with E-state index in [9.17, 15) is 9.90 Å². The molecule has 0 spiro atoms. The number of hydrogen-bond acceptors (Lipinski definition) is 4. The molecule has 1 aromatic rings. The highest BCUT2D eigenvalue weighted by molar-refractivity contribution is 7.15. The molecule has 1 aromatic heterocycles. The van der Waals surface area contributed by atoms with Gasteiger partial charge < -0.3 is 15.8 Å². The molecule has 0 atom stereocenters. The Balaban J connectivity index is 2.18. The zero-order chi connectivity index (χ0) is 16.3. The molecule has 0 amide bonds. The Morgan fingerprint density at radius 2 is 2.05 bits per heavy atom. The van der Waals surface area contributed by atoms with Crippen molar-refractivity contribution in [3.05, 3.63) is 15.8 Å². The largest absolute Gasteiger partial charge is 0.477 e. The molecule has 0 aromatic carbocycles. The number of thiophene rings is 1. The van der Waals surface area contributed by atoms with Crippen molar-refractivity contribution >= 4 is 28.7 Å². The second-order valence-electron chi connectivity index (χ2n) is 6.68. The van der Waals surface area contributed by atoms with Gasteiger partial charge >= 0.3 is 5.97 Å². The summed E-state index contributed by atoms with van der Waals surface area (Å²) >= 11 is 1.22. The number of aromatic carboxylic acids is 1. The average molecular weight is 318 g/mol. The summed E-state index contributed by atoms with van der Waals surface area (Å²) in [6, 6.07) is 2.08. The molecule has 5 heteroatoms. The SMILES string of the molecule is CC(C)(C)C#Cc1cc(NC2CCC(=N)CC2)c(C(=O)O)s1. The summed E-state index contributed by atoms with van der Waals surface area (Å²) in [5.74, 6) is 5.30. The summed E-state index contributed by atoms with van der Waals surface area (Å²) in [7, 11) is 0. The highest BCUT2D eigenvalue weighted by Crippen LogP contribution is 2.30. The van der Waals surface area contributed by atoms with Gasteiger partial charge in [0.1, 0.15) is 4.88 Å². The van der Waals surface area contributed by atoms with Gasteiger partial charge in [-0.2, -0.15) is 0 Å². The number of rotatable bonds is 3. The Hall–Kier alpha value is -1.80. The van der Waals surface area contributed by atoms with Crippen LogP contribution in [0.5, 0.6) is 0 Å². The molecule has 118 valence electrons. The van der Waals surface area contributed by atoms with Crippen molar-refractivity contribution in [2.45, 2.75) is 52.5 Å². The Kier molecular flexibility index (Phi) is 4.92. The first-order valence-electron chi connectivity index (χ1n) is 7.48. The first kappa shape index (κ1) is 16.6.